The van der Waals surface area contributed by atoms with E-state index in [2.05, 4.69) is 20.0 Å². The van der Waals surface area contributed by atoms with Crippen molar-refractivity contribution in [2.24, 2.45) is 5.16 Å². The van der Waals surface area contributed by atoms with Crippen LogP contribution < -0.4 is 16.0 Å². The minimum absolute atomic E-state index is 0.104. The molecule has 0 bridgehead atoms. The number of oxime groups is 1. The molecule has 1 aliphatic rings. The van der Waals surface area contributed by atoms with Crippen molar-refractivity contribution in [2.75, 3.05) is 33.2 Å². The molecule has 3 heterocycles. The number of rotatable bonds is 5. The van der Waals surface area contributed by atoms with Gasteiger partial charge in [-0.25, -0.2) is 4.79 Å². The number of H-pyrrole nitrogens is 1. The SMILES string of the molecule is CCc1cc(=O)oc2nc(O/N=C(\CCC(F)(F)F)N3CCN(C)CC3)[nH]c(=O)c12. The summed E-state index contributed by atoms with van der Waals surface area (Å²) >= 11 is 0. The molecule has 0 unspecified atom stereocenters. The Labute approximate surface area is 169 Å². The van der Waals surface area contributed by atoms with Crippen LogP contribution in [-0.4, -0.2) is 65.0 Å². The lowest BCUT2D eigenvalue weighted by Gasteiger charge is -2.34. The van der Waals surface area contributed by atoms with Crippen LogP contribution in [0.15, 0.2) is 25.2 Å². The van der Waals surface area contributed by atoms with Crippen molar-refractivity contribution in [3.8, 4) is 6.01 Å². The van der Waals surface area contributed by atoms with E-state index >= 15 is 0 Å². The maximum atomic E-state index is 12.7. The van der Waals surface area contributed by atoms with Gasteiger partial charge in [-0.1, -0.05) is 12.1 Å². The van der Waals surface area contributed by atoms with Crippen molar-refractivity contribution in [3.63, 3.8) is 0 Å². The molecule has 1 saturated heterocycles. The Bertz CT molecular complexity index is 1040. The molecule has 0 aliphatic carbocycles. The summed E-state index contributed by atoms with van der Waals surface area (Å²) in [4.78, 5) is 39.3. The number of hydrogen-bond acceptors (Lipinski definition) is 7. The summed E-state index contributed by atoms with van der Waals surface area (Å²) in [7, 11) is 1.92. The Morgan fingerprint density at radius 1 is 1.30 bits per heavy atom. The first-order chi connectivity index (χ1) is 14.2. The number of aromatic nitrogens is 2. The molecule has 1 aliphatic heterocycles. The molecule has 30 heavy (non-hydrogen) atoms. The predicted octanol–water partition coefficient (Wildman–Crippen LogP) is 1.72. The number of amidine groups is 1. The molecule has 1 fully saturated rings. The maximum absolute atomic E-state index is 12.7. The van der Waals surface area contributed by atoms with Crippen LogP contribution in [0.2, 0.25) is 0 Å². The van der Waals surface area contributed by atoms with Crippen LogP contribution in [0.25, 0.3) is 11.1 Å². The lowest BCUT2D eigenvalue weighted by atomic mass is 10.1. The Morgan fingerprint density at radius 2 is 2.00 bits per heavy atom. The molecule has 12 heteroatoms. The Kier molecular flexibility index (Phi) is 6.44. The molecule has 2 aromatic rings. The molecule has 0 radical (unpaired) electrons. The van der Waals surface area contributed by atoms with Crippen molar-refractivity contribution in [1.82, 2.24) is 19.8 Å². The lowest BCUT2D eigenvalue weighted by molar-refractivity contribution is -0.133. The van der Waals surface area contributed by atoms with Gasteiger partial charge in [0.25, 0.3) is 5.56 Å². The highest BCUT2D eigenvalue weighted by molar-refractivity contribution is 5.82. The summed E-state index contributed by atoms with van der Waals surface area (Å²) in [5, 5.41) is 3.95. The number of alkyl halides is 3. The third-order valence-electron chi connectivity index (χ3n) is 4.79. The topological polar surface area (TPSA) is 104 Å². The average Bonchev–Trinajstić information content (AvgIpc) is 2.67. The van der Waals surface area contributed by atoms with Gasteiger partial charge in [0.1, 0.15) is 11.2 Å². The highest BCUT2D eigenvalue weighted by atomic mass is 19.4. The van der Waals surface area contributed by atoms with Gasteiger partial charge in [0.15, 0.2) is 0 Å². The lowest BCUT2D eigenvalue weighted by Crippen LogP contribution is -2.47. The number of nitrogens with one attached hydrogen (secondary N) is 1. The highest BCUT2D eigenvalue weighted by Gasteiger charge is 2.29. The summed E-state index contributed by atoms with van der Waals surface area (Å²) in [5.41, 5.74) is -1.02. The molecule has 0 spiro atoms. The second kappa shape index (κ2) is 8.86. The molecule has 2 aromatic heterocycles. The second-order valence-electron chi connectivity index (χ2n) is 7.00. The molecule has 1 N–H and O–H groups in total. The number of nitrogens with zero attached hydrogens (tertiary/aromatic N) is 4. The van der Waals surface area contributed by atoms with Gasteiger partial charge in [-0.3, -0.25) is 9.78 Å². The summed E-state index contributed by atoms with van der Waals surface area (Å²) in [6, 6.07) is 0.836. The Balaban J connectivity index is 1.89. The first kappa shape index (κ1) is 21.8. The first-order valence-corrected chi connectivity index (χ1v) is 9.47. The van der Waals surface area contributed by atoms with Crippen molar-refractivity contribution >= 4 is 16.9 Å². The number of likely N-dealkylation sites (N-methyl/N-ethyl adjacent to an activating group) is 1. The van der Waals surface area contributed by atoms with E-state index in [-0.39, 0.29) is 29.4 Å². The first-order valence-electron chi connectivity index (χ1n) is 9.47. The van der Waals surface area contributed by atoms with Gasteiger partial charge in [0, 0.05) is 38.7 Å². The zero-order valence-corrected chi connectivity index (χ0v) is 16.6. The molecule has 0 aromatic carbocycles. The zero-order chi connectivity index (χ0) is 21.9. The molecule has 0 saturated carbocycles. The normalized spacial score (nSPS) is 16.3. The van der Waals surface area contributed by atoms with Crippen LogP contribution in [0.3, 0.4) is 0 Å². The maximum Gasteiger partial charge on any atom is 0.389 e. The quantitative estimate of drug-likeness (QED) is 0.438. The number of aromatic amines is 1. The smallest absolute Gasteiger partial charge is 0.389 e. The van der Waals surface area contributed by atoms with E-state index in [1.54, 1.807) is 11.8 Å². The fraction of sp³-hybridized carbons (Fsp3) is 0.556. The number of halogens is 3. The van der Waals surface area contributed by atoms with E-state index in [4.69, 9.17) is 9.25 Å². The standard InChI is InChI=1S/C18H22F3N5O4/c1-3-11-10-13(27)29-16-14(11)15(28)22-17(23-16)30-24-12(4-5-18(19,20)21)26-8-6-25(2)7-9-26/h10H,3-9H2,1-2H3,(H,22,23,28)/b24-12+. The van der Waals surface area contributed by atoms with Gasteiger partial charge in [-0.05, 0) is 19.0 Å². The summed E-state index contributed by atoms with van der Waals surface area (Å²) in [6.07, 6.45) is -5.36. The fourth-order valence-electron chi connectivity index (χ4n) is 3.13. The molecule has 9 nitrogen and oxygen atoms in total. The van der Waals surface area contributed by atoms with Gasteiger partial charge < -0.3 is 19.1 Å². The number of hydrogen-bond donors (Lipinski definition) is 1. The van der Waals surface area contributed by atoms with E-state index < -0.39 is 23.8 Å². The molecular weight excluding hydrogens is 407 g/mol. The molecular formula is C18H22F3N5O4. The van der Waals surface area contributed by atoms with E-state index in [9.17, 15) is 22.8 Å². The molecule has 0 atom stereocenters. The van der Waals surface area contributed by atoms with E-state index in [0.29, 0.717) is 38.2 Å². The summed E-state index contributed by atoms with van der Waals surface area (Å²) in [5.74, 6) is 0.104. The minimum Gasteiger partial charge on any atom is -0.403 e. The van der Waals surface area contributed by atoms with Gasteiger partial charge >= 0.3 is 17.8 Å². The molecule has 164 valence electrons. The third kappa shape index (κ3) is 5.38. The highest BCUT2D eigenvalue weighted by Crippen LogP contribution is 2.23. The summed E-state index contributed by atoms with van der Waals surface area (Å²) in [6.45, 7) is 4.09. The van der Waals surface area contributed by atoms with Crippen molar-refractivity contribution in [3.05, 3.63) is 32.4 Å². The van der Waals surface area contributed by atoms with Gasteiger partial charge in [-0.15, -0.1) is 0 Å². The van der Waals surface area contributed by atoms with E-state index in [0.717, 1.165) is 0 Å². The minimum atomic E-state index is -4.34. The van der Waals surface area contributed by atoms with Crippen LogP contribution in [0.1, 0.15) is 25.3 Å². The average molecular weight is 429 g/mol. The van der Waals surface area contributed by atoms with Crippen LogP contribution >= 0.6 is 0 Å². The van der Waals surface area contributed by atoms with Crippen molar-refractivity contribution in [1.29, 1.82) is 0 Å². The van der Waals surface area contributed by atoms with E-state index in [1.165, 1.54) is 6.07 Å². The van der Waals surface area contributed by atoms with Crippen LogP contribution in [0.5, 0.6) is 6.01 Å². The van der Waals surface area contributed by atoms with Gasteiger partial charge in [-0.2, -0.15) is 18.2 Å². The zero-order valence-electron chi connectivity index (χ0n) is 16.6. The molecule has 3 rings (SSSR count). The molecule has 0 amide bonds. The number of fused-ring (bicyclic) bond motifs is 1. The largest absolute Gasteiger partial charge is 0.403 e. The van der Waals surface area contributed by atoms with Crippen molar-refractivity contribution in [2.45, 2.75) is 32.4 Å². The van der Waals surface area contributed by atoms with Gasteiger partial charge in [0.05, 0.1) is 6.42 Å². The van der Waals surface area contributed by atoms with Crippen molar-refractivity contribution < 1.29 is 22.4 Å². The van der Waals surface area contributed by atoms with E-state index in [1.807, 2.05) is 7.05 Å². The number of piperazine rings is 1. The second-order valence-corrected chi connectivity index (χ2v) is 7.00. The van der Waals surface area contributed by atoms with Crippen LogP contribution in [0.4, 0.5) is 13.2 Å². The number of aryl methyl sites for hydroxylation is 1. The third-order valence-corrected chi connectivity index (χ3v) is 4.79. The summed E-state index contributed by atoms with van der Waals surface area (Å²) < 4.78 is 43.1. The van der Waals surface area contributed by atoms with Crippen LogP contribution in [0, 0.1) is 0 Å². The van der Waals surface area contributed by atoms with Gasteiger partial charge in [0.2, 0.25) is 5.71 Å². The monoisotopic (exact) mass is 429 g/mol. The fourth-order valence-corrected chi connectivity index (χ4v) is 3.13. The van der Waals surface area contributed by atoms with Crippen LogP contribution in [-0.2, 0) is 6.42 Å². The predicted molar refractivity (Wildman–Crippen MR) is 103 cm³/mol. The Morgan fingerprint density at radius 3 is 2.63 bits per heavy atom. The Hall–Kier alpha value is -2.89.